The van der Waals surface area contributed by atoms with Crippen LogP contribution in [-0.4, -0.2) is 22.9 Å². The van der Waals surface area contributed by atoms with Crippen molar-refractivity contribution >= 4 is 17.7 Å². The number of halogens is 5. The quantitative estimate of drug-likeness (QED) is 0.0664. The summed E-state index contributed by atoms with van der Waals surface area (Å²) in [6.45, 7) is -0.302. The number of carbonyl (C=O) groups is 1. The number of rotatable bonds is 10. The highest BCUT2D eigenvalue weighted by Gasteiger charge is 2.33. The molecule has 0 spiro atoms. The Hall–Kier alpha value is -4.55. The second-order valence-electron chi connectivity index (χ2n) is 11.4. The van der Waals surface area contributed by atoms with Crippen molar-refractivity contribution in [3.8, 4) is 11.1 Å². The van der Waals surface area contributed by atoms with Gasteiger partial charge in [0.25, 0.3) is 5.91 Å². The van der Waals surface area contributed by atoms with Crippen molar-refractivity contribution in [1.29, 1.82) is 0 Å². The fourth-order valence-corrected chi connectivity index (χ4v) is 6.52. The maximum atomic E-state index is 14.2. The van der Waals surface area contributed by atoms with Crippen LogP contribution in [0.3, 0.4) is 0 Å². The van der Waals surface area contributed by atoms with Crippen molar-refractivity contribution in [1.82, 2.24) is 5.32 Å². The lowest BCUT2D eigenvalue weighted by molar-refractivity contribution is -0.245. The zero-order valence-corrected chi connectivity index (χ0v) is 26.7. The molecular formula is C38H30F5NO4S. The number of ether oxygens (including phenoxy) is 2. The lowest BCUT2D eigenvalue weighted by atomic mass is 9.97. The average Bonchev–Trinajstić information content (AvgIpc) is 3.15. The lowest BCUT2D eigenvalue weighted by Crippen LogP contribution is -2.31. The van der Waals surface area contributed by atoms with Crippen molar-refractivity contribution < 1.29 is 41.3 Å². The van der Waals surface area contributed by atoms with Gasteiger partial charge in [-0.2, -0.15) is 0 Å². The summed E-state index contributed by atoms with van der Waals surface area (Å²) < 4.78 is 82.1. The van der Waals surface area contributed by atoms with Gasteiger partial charge < -0.3 is 19.9 Å². The zero-order valence-electron chi connectivity index (χ0n) is 25.8. The van der Waals surface area contributed by atoms with Gasteiger partial charge in [0.05, 0.1) is 18.8 Å². The molecule has 252 valence electrons. The van der Waals surface area contributed by atoms with Crippen LogP contribution in [0.5, 0.6) is 0 Å². The molecule has 0 saturated carbocycles. The van der Waals surface area contributed by atoms with Gasteiger partial charge in [0.1, 0.15) is 5.56 Å². The van der Waals surface area contributed by atoms with E-state index in [-0.39, 0.29) is 25.4 Å². The second kappa shape index (κ2) is 15.3. The average molecular weight is 692 g/mol. The number of aliphatic hydroxyl groups excluding tert-OH is 1. The minimum atomic E-state index is -2.34. The lowest BCUT2D eigenvalue weighted by Gasteiger charge is -2.36. The van der Waals surface area contributed by atoms with E-state index in [2.05, 4.69) is 5.32 Å². The summed E-state index contributed by atoms with van der Waals surface area (Å²) in [6.07, 6.45) is -0.429. The maximum absolute atomic E-state index is 14.2. The van der Waals surface area contributed by atoms with Crippen molar-refractivity contribution in [3.63, 3.8) is 0 Å². The molecular weight excluding hydrogens is 661 g/mol. The SMILES string of the molecule is O=C(NCc1ccccc1-c1ccc([C@H]2O[C@@H](CSc3ccccc3)C[C@@H](c3ccc(CO)cc3)O2)cc1)c1c(F)c(F)c(F)c(F)c1F. The molecule has 5 aromatic rings. The Morgan fingerprint density at radius 3 is 2.02 bits per heavy atom. The molecule has 0 bridgehead atoms. The molecule has 5 nitrogen and oxygen atoms in total. The molecule has 0 radical (unpaired) electrons. The summed E-state index contributed by atoms with van der Waals surface area (Å²) in [6, 6.07) is 32.0. The van der Waals surface area contributed by atoms with Crippen LogP contribution in [0.15, 0.2) is 108 Å². The summed E-state index contributed by atoms with van der Waals surface area (Å²) in [7, 11) is 0. The summed E-state index contributed by atoms with van der Waals surface area (Å²) >= 11 is 1.70. The minimum Gasteiger partial charge on any atom is -0.392 e. The third kappa shape index (κ3) is 7.70. The van der Waals surface area contributed by atoms with Gasteiger partial charge in [-0.05, 0) is 39.9 Å². The first-order chi connectivity index (χ1) is 23.7. The second-order valence-corrected chi connectivity index (χ2v) is 12.5. The van der Waals surface area contributed by atoms with Gasteiger partial charge in [-0.15, -0.1) is 11.8 Å². The molecule has 3 atom stereocenters. The fraction of sp³-hybridized carbons (Fsp3) is 0.184. The first-order valence-electron chi connectivity index (χ1n) is 15.4. The third-order valence-electron chi connectivity index (χ3n) is 8.18. The van der Waals surface area contributed by atoms with Crippen LogP contribution in [-0.2, 0) is 22.6 Å². The molecule has 1 saturated heterocycles. The van der Waals surface area contributed by atoms with Crippen molar-refractivity contribution in [2.24, 2.45) is 0 Å². The number of hydrogen-bond acceptors (Lipinski definition) is 5. The Kier molecular flexibility index (Phi) is 10.7. The Balaban J connectivity index is 1.20. The predicted molar refractivity (Wildman–Crippen MR) is 175 cm³/mol. The molecule has 1 amide bonds. The van der Waals surface area contributed by atoms with Crippen molar-refractivity contribution in [3.05, 3.63) is 160 Å². The number of carbonyl (C=O) groups excluding carboxylic acids is 1. The molecule has 6 rings (SSSR count). The Labute approximate surface area is 283 Å². The van der Waals surface area contributed by atoms with E-state index in [1.165, 1.54) is 0 Å². The topological polar surface area (TPSA) is 67.8 Å². The van der Waals surface area contributed by atoms with Crippen LogP contribution in [0.4, 0.5) is 22.0 Å². The first kappa shape index (κ1) is 34.3. The number of amides is 1. The van der Waals surface area contributed by atoms with Crippen LogP contribution in [0, 0.1) is 29.1 Å². The molecule has 1 aliphatic rings. The molecule has 2 N–H and O–H groups in total. The summed E-state index contributed by atoms with van der Waals surface area (Å²) in [5.41, 5.74) is 2.96. The molecule has 1 fully saturated rings. The van der Waals surface area contributed by atoms with E-state index >= 15 is 0 Å². The van der Waals surface area contributed by atoms with E-state index in [0.29, 0.717) is 23.3 Å². The number of thioether (sulfide) groups is 1. The number of hydrogen-bond donors (Lipinski definition) is 2. The molecule has 1 aliphatic heterocycles. The van der Waals surface area contributed by atoms with Crippen LogP contribution in [0.1, 0.15) is 51.4 Å². The van der Waals surface area contributed by atoms with Gasteiger partial charge in [-0.25, -0.2) is 22.0 Å². The Morgan fingerprint density at radius 1 is 0.735 bits per heavy atom. The highest BCUT2D eigenvalue weighted by Crippen LogP contribution is 2.40. The normalized spacial score (nSPS) is 17.6. The Bertz CT molecular complexity index is 1900. The Morgan fingerprint density at radius 2 is 1.35 bits per heavy atom. The molecule has 11 heteroatoms. The van der Waals surface area contributed by atoms with Gasteiger partial charge in [-0.1, -0.05) is 91.0 Å². The summed E-state index contributed by atoms with van der Waals surface area (Å²) in [4.78, 5) is 13.7. The largest absolute Gasteiger partial charge is 0.392 e. The number of nitrogens with one attached hydrogen (secondary N) is 1. The number of aliphatic hydroxyl groups is 1. The van der Waals surface area contributed by atoms with Crippen LogP contribution >= 0.6 is 11.8 Å². The van der Waals surface area contributed by atoms with Gasteiger partial charge in [0.2, 0.25) is 5.82 Å². The maximum Gasteiger partial charge on any atom is 0.257 e. The third-order valence-corrected chi connectivity index (χ3v) is 9.33. The highest BCUT2D eigenvalue weighted by molar-refractivity contribution is 7.99. The van der Waals surface area contributed by atoms with Gasteiger partial charge in [-0.3, -0.25) is 4.79 Å². The van der Waals surface area contributed by atoms with Crippen LogP contribution in [0.2, 0.25) is 0 Å². The van der Waals surface area contributed by atoms with E-state index in [1.54, 1.807) is 36.0 Å². The molecule has 0 unspecified atom stereocenters. The highest BCUT2D eigenvalue weighted by atomic mass is 32.2. The smallest absolute Gasteiger partial charge is 0.257 e. The molecule has 0 aromatic heterocycles. The van der Waals surface area contributed by atoms with E-state index in [0.717, 1.165) is 27.1 Å². The van der Waals surface area contributed by atoms with Crippen LogP contribution < -0.4 is 5.32 Å². The summed E-state index contributed by atoms with van der Waals surface area (Å²) in [5, 5.41) is 11.8. The zero-order chi connectivity index (χ0) is 34.5. The van der Waals surface area contributed by atoms with Gasteiger partial charge in [0, 0.05) is 29.2 Å². The molecule has 0 aliphatic carbocycles. The standard InChI is InChI=1S/C38H30F5NO4S/c39-32-31(33(40)35(42)36(43)34(32)41)37(46)44-19-26-6-4-5-9-29(26)23-14-16-25(17-15-23)38-47-27(21-49-28-7-2-1-3-8-28)18-30(48-38)24-12-10-22(20-45)11-13-24/h1-17,27,30,38,45H,18-21H2,(H,44,46)/t27-,30+,38+/m1/s1. The predicted octanol–water partition coefficient (Wildman–Crippen LogP) is 8.81. The molecule has 49 heavy (non-hydrogen) atoms. The van der Waals surface area contributed by atoms with Crippen LogP contribution in [0.25, 0.3) is 11.1 Å². The molecule has 5 aromatic carbocycles. The van der Waals surface area contributed by atoms with Gasteiger partial charge >= 0.3 is 0 Å². The fourth-order valence-electron chi connectivity index (χ4n) is 5.57. The van der Waals surface area contributed by atoms with E-state index in [1.807, 2.05) is 78.9 Å². The monoisotopic (exact) mass is 691 g/mol. The molecule has 1 heterocycles. The summed E-state index contributed by atoms with van der Waals surface area (Å²) in [5.74, 6) is -11.9. The number of benzene rings is 5. The van der Waals surface area contributed by atoms with E-state index in [4.69, 9.17) is 9.47 Å². The van der Waals surface area contributed by atoms with E-state index < -0.39 is 46.8 Å². The van der Waals surface area contributed by atoms with Crippen molar-refractivity contribution in [2.75, 3.05) is 5.75 Å². The van der Waals surface area contributed by atoms with Crippen molar-refractivity contribution in [2.45, 2.75) is 43.0 Å². The van der Waals surface area contributed by atoms with Gasteiger partial charge in [0.15, 0.2) is 29.6 Å². The van der Waals surface area contributed by atoms with E-state index in [9.17, 15) is 31.9 Å². The minimum absolute atomic E-state index is 0.0545. The first-order valence-corrected chi connectivity index (χ1v) is 16.4.